The molecule has 1 aliphatic rings. The largest absolute Gasteiger partial charge is 0.465 e. The van der Waals surface area contributed by atoms with Crippen molar-refractivity contribution in [1.29, 1.82) is 0 Å². The zero-order valence-electron chi connectivity index (χ0n) is 17.7. The van der Waals surface area contributed by atoms with E-state index in [0.717, 1.165) is 42.6 Å². The van der Waals surface area contributed by atoms with Crippen LogP contribution < -0.4 is 5.32 Å². The first-order valence-electron chi connectivity index (χ1n) is 10.3. The van der Waals surface area contributed by atoms with Gasteiger partial charge >= 0.3 is 5.97 Å². The van der Waals surface area contributed by atoms with Crippen LogP contribution >= 0.6 is 11.3 Å². The SMILES string of the molecule is COC(=O)c1sc(NC(=O)CCc2ccc(S(=O)(=O)N3CCCCCC3)cc2)nc1C. The van der Waals surface area contributed by atoms with Crippen LogP contribution in [0.1, 0.15) is 53.0 Å². The number of carbonyl (C=O) groups excluding carboxylic acids is 2. The van der Waals surface area contributed by atoms with Gasteiger partial charge in [0.2, 0.25) is 15.9 Å². The van der Waals surface area contributed by atoms with Crippen molar-refractivity contribution in [3.05, 3.63) is 40.4 Å². The Labute approximate surface area is 186 Å². The molecule has 0 unspecified atom stereocenters. The van der Waals surface area contributed by atoms with Crippen molar-refractivity contribution in [2.75, 3.05) is 25.5 Å². The van der Waals surface area contributed by atoms with E-state index < -0.39 is 16.0 Å². The van der Waals surface area contributed by atoms with Crippen LogP contribution in [0.15, 0.2) is 29.2 Å². The number of hydrogen-bond acceptors (Lipinski definition) is 7. The number of hydrogen-bond donors (Lipinski definition) is 1. The van der Waals surface area contributed by atoms with E-state index in [9.17, 15) is 18.0 Å². The molecular weight excluding hydrogens is 438 g/mol. The monoisotopic (exact) mass is 465 g/mol. The van der Waals surface area contributed by atoms with Crippen molar-refractivity contribution in [2.24, 2.45) is 0 Å². The zero-order chi connectivity index (χ0) is 22.4. The van der Waals surface area contributed by atoms with Crippen LogP contribution in [0.3, 0.4) is 0 Å². The summed E-state index contributed by atoms with van der Waals surface area (Å²) in [5.74, 6) is -0.711. The van der Waals surface area contributed by atoms with Crippen LogP contribution in [0, 0.1) is 6.92 Å². The lowest BCUT2D eigenvalue weighted by Crippen LogP contribution is -2.31. The number of carbonyl (C=O) groups is 2. The molecule has 3 rings (SSSR count). The van der Waals surface area contributed by atoms with Crippen molar-refractivity contribution in [2.45, 2.75) is 50.3 Å². The van der Waals surface area contributed by atoms with Crippen LogP contribution in [-0.2, 0) is 26.0 Å². The Kier molecular flexibility index (Phi) is 7.79. The number of amides is 1. The maximum atomic E-state index is 12.8. The van der Waals surface area contributed by atoms with Crippen LogP contribution in [0.25, 0.3) is 0 Å². The molecule has 0 saturated carbocycles. The number of nitrogens with one attached hydrogen (secondary N) is 1. The highest BCUT2D eigenvalue weighted by molar-refractivity contribution is 7.89. The van der Waals surface area contributed by atoms with Gasteiger partial charge in [-0.15, -0.1) is 0 Å². The van der Waals surface area contributed by atoms with Crippen LogP contribution in [-0.4, -0.2) is 49.8 Å². The summed E-state index contributed by atoms with van der Waals surface area (Å²) in [6.45, 7) is 2.82. The minimum atomic E-state index is -3.48. The average Bonchev–Trinajstić information content (AvgIpc) is 2.95. The third-order valence-corrected chi connectivity index (χ3v) is 8.15. The summed E-state index contributed by atoms with van der Waals surface area (Å²) in [7, 11) is -2.18. The van der Waals surface area contributed by atoms with Gasteiger partial charge < -0.3 is 10.1 Å². The molecule has 31 heavy (non-hydrogen) atoms. The lowest BCUT2D eigenvalue weighted by molar-refractivity contribution is -0.116. The van der Waals surface area contributed by atoms with Gasteiger partial charge in [-0.1, -0.05) is 36.3 Å². The van der Waals surface area contributed by atoms with Crippen LogP contribution in [0.4, 0.5) is 5.13 Å². The summed E-state index contributed by atoms with van der Waals surface area (Å²) in [6, 6.07) is 6.72. The van der Waals surface area contributed by atoms with E-state index in [4.69, 9.17) is 4.74 Å². The van der Waals surface area contributed by atoms with Gasteiger partial charge in [-0.05, 0) is 43.9 Å². The zero-order valence-corrected chi connectivity index (χ0v) is 19.4. The van der Waals surface area contributed by atoms with E-state index in [2.05, 4.69) is 10.3 Å². The number of anilines is 1. The van der Waals surface area contributed by atoms with Gasteiger partial charge in [0.05, 0.1) is 17.7 Å². The highest BCUT2D eigenvalue weighted by atomic mass is 32.2. The third kappa shape index (κ3) is 5.90. The molecule has 2 aromatic rings. The van der Waals surface area contributed by atoms with Crippen molar-refractivity contribution in [3.8, 4) is 0 Å². The molecule has 1 aromatic carbocycles. The van der Waals surface area contributed by atoms with Crippen molar-refractivity contribution in [1.82, 2.24) is 9.29 Å². The lowest BCUT2D eigenvalue weighted by Gasteiger charge is -2.20. The molecule has 8 nitrogen and oxygen atoms in total. The second kappa shape index (κ2) is 10.3. The topological polar surface area (TPSA) is 106 Å². The highest BCUT2D eigenvalue weighted by Crippen LogP contribution is 2.24. The summed E-state index contributed by atoms with van der Waals surface area (Å²) < 4.78 is 31.9. The average molecular weight is 466 g/mol. The van der Waals surface area contributed by atoms with Gasteiger partial charge in [0.25, 0.3) is 0 Å². The number of nitrogens with zero attached hydrogens (tertiary/aromatic N) is 2. The molecule has 0 spiro atoms. The van der Waals surface area contributed by atoms with E-state index >= 15 is 0 Å². The van der Waals surface area contributed by atoms with Crippen LogP contribution in [0.2, 0.25) is 0 Å². The van der Waals surface area contributed by atoms with Crippen molar-refractivity contribution >= 4 is 38.4 Å². The molecule has 1 saturated heterocycles. The Morgan fingerprint density at radius 1 is 1.13 bits per heavy atom. The van der Waals surface area contributed by atoms with Crippen LogP contribution in [0.5, 0.6) is 0 Å². The molecule has 1 aliphatic heterocycles. The molecule has 168 valence electrons. The fourth-order valence-corrected chi connectivity index (χ4v) is 5.85. The first-order valence-corrected chi connectivity index (χ1v) is 12.5. The number of aromatic nitrogens is 1. The maximum absolute atomic E-state index is 12.8. The Hall–Kier alpha value is -2.30. The smallest absolute Gasteiger partial charge is 0.350 e. The summed E-state index contributed by atoms with van der Waals surface area (Å²) in [4.78, 5) is 28.7. The molecule has 0 atom stereocenters. The van der Waals surface area contributed by atoms with Gasteiger partial charge in [-0.2, -0.15) is 4.31 Å². The second-order valence-electron chi connectivity index (χ2n) is 7.44. The minimum Gasteiger partial charge on any atom is -0.465 e. The standard InChI is InChI=1S/C21H27N3O5S2/c1-15-19(20(26)29-2)30-21(22-15)23-18(25)12-9-16-7-10-17(11-8-16)31(27,28)24-13-5-3-4-6-14-24/h7-8,10-11H,3-6,9,12-14H2,1-2H3,(H,22,23,25). The van der Waals surface area contributed by atoms with E-state index in [1.807, 2.05) is 0 Å². The van der Waals surface area contributed by atoms with Gasteiger partial charge in [0.1, 0.15) is 4.88 Å². The molecule has 0 bridgehead atoms. The molecule has 10 heteroatoms. The molecule has 2 heterocycles. The second-order valence-corrected chi connectivity index (χ2v) is 10.4. The summed E-state index contributed by atoms with van der Waals surface area (Å²) in [5, 5.41) is 3.04. The number of rotatable bonds is 7. The number of thiazole rings is 1. The van der Waals surface area contributed by atoms with Gasteiger partial charge in [0.15, 0.2) is 5.13 Å². The molecule has 1 N–H and O–H groups in total. The predicted molar refractivity (Wildman–Crippen MR) is 119 cm³/mol. The molecule has 1 amide bonds. The Balaban J connectivity index is 1.56. The fourth-order valence-electron chi connectivity index (χ4n) is 3.43. The van der Waals surface area contributed by atoms with Crippen molar-refractivity contribution < 1.29 is 22.7 Å². The highest BCUT2D eigenvalue weighted by Gasteiger charge is 2.25. The molecular formula is C21H27N3O5S2. The Bertz CT molecular complexity index is 1020. The van der Waals surface area contributed by atoms with Gasteiger partial charge in [-0.25, -0.2) is 18.2 Å². The number of ether oxygens (including phenoxy) is 1. The first-order chi connectivity index (χ1) is 14.8. The number of benzene rings is 1. The summed E-state index contributed by atoms with van der Waals surface area (Å²) >= 11 is 1.07. The number of sulfonamides is 1. The van der Waals surface area contributed by atoms with Crippen molar-refractivity contribution in [3.63, 3.8) is 0 Å². The molecule has 1 fully saturated rings. The lowest BCUT2D eigenvalue weighted by atomic mass is 10.1. The number of aryl methyl sites for hydroxylation is 2. The predicted octanol–water partition coefficient (Wildman–Crippen LogP) is 3.37. The first kappa shape index (κ1) is 23.4. The van der Waals surface area contributed by atoms with E-state index in [1.165, 1.54) is 7.11 Å². The molecule has 0 radical (unpaired) electrons. The quantitative estimate of drug-likeness (QED) is 0.629. The van der Waals surface area contributed by atoms with E-state index in [1.54, 1.807) is 35.5 Å². The third-order valence-electron chi connectivity index (χ3n) is 5.18. The fraction of sp³-hybridized carbons (Fsp3) is 0.476. The van der Waals surface area contributed by atoms with Gasteiger partial charge in [-0.3, -0.25) is 4.79 Å². The number of esters is 1. The molecule has 0 aliphatic carbocycles. The summed E-state index contributed by atoms with van der Waals surface area (Å²) in [5.41, 5.74) is 1.38. The summed E-state index contributed by atoms with van der Waals surface area (Å²) in [6.07, 6.45) is 4.60. The molecule has 1 aromatic heterocycles. The van der Waals surface area contributed by atoms with Gasteiger partial charge in [0, 0.05) is 19.5 Å². The van der Waals surface area contributed by atoms with E-state index in [-0.39, 0.29) is 17.2 Å². The Morgan fingerprint density at radius 3 is 2.39 bits per heavy atom. The normalized spacial score (nSPS) is 15.3. The maximum Gasteiger partial charge on any atom is 0.350 e. The Morgan fingerprint density at radius 2 is 1.77 bits per heavy atom. The van der Waals surface area contributed by atoms with E-state index in [0.29, 0.717) is 35.2 Å². The number of methoxy groups -OCH3 is 1. The minimum absolute atomic E-state index is 0.213.